The number of hydrogen-bond acceptors (Lipinski definition) is 2. The Morgan fingerprint density at radius 1 is 1.38 bits per heavy atom. The van der Waals surface area contributed by atoms with E-state index in [2.05, 4.69) is 13.0 Å². The van der Waals surface area contributed by atoms with Crippen LogP contribution in [0, 0.1) is 0 Å². The van der Waals surface area contributed by atoms with E-state index in [-0.39, 0.29) is 0 Å². The fourth-order valence-corrected chi connectivity index (χ4v) is 1.59. The lowest BCUT2D eigenvalue weighted by Crippen LogP contribution is -2.05. The van der Waals surface area contributed by atoms with Crippen molar-refractivity contribution < 1.29 is 4.74 Å². The first kappa shape index (κ1) is 10.1. The molecule has 0 amide bonds. The van der Waals surface area contributed by atoms with E-state index in [0.29, 0.717) is 6.54 Å². The van der Waals surface area contributed by atoms with Gasteiger partial charge in [0.1, 0.15) is 5.75 Å². The molecule has 1 aromatic carbocycles. The molecule has 0 unspecified atom stereocenters. The average molecular weight is 179 g/mol. The van der Waals surface area contributed by atoms with E-state index in [0.717, 1.165) is 18.6 Å². The molecule has 0 aliphatic heterocycles. The topological polar surface area (TPSA) is 35.2 Å². The van der Waals surface area contributed by atoms with Crippen LogP contribution in [0.2, 0.25) is 0 Å². The zero-order valence-corrected chi connectivity index (χ0v) is 8.34. The Balaban J connectivity index is 3.03. The SMILES string of the molecule is CCc1c(CCN)cccc1OC. The van der Waals surface area contributed by atoms with Crippen molar-refractivity contribution in [3.8, 4) is 5.75 Å². The molecule has 0 aliphatic rings. The lowest BCUT2D eigenvalue weighted by atomic mass is 10.0. The second-order valence-electron chi connectivity index (χ2n) is 2.99. The van der Waals surface area contributed by atoms with Crippen molar-refractivity contribution in [2.75, 3.05) is 13.7 Å². The lowest BCUT2D eigenvalue weighted by molar-refractivity contribution is 0.409. The summed E-state index contributed by atoms with van der Waals surface area (Å²) in [5.74, 6) is 0.980. The van der Waals surface area contributed by atoms with Crippen molar-refractivity contribution in [1.29, 1.82) is 0 Å². The summed E-state index contributed by atoms with van der Waals surface area (Å²) >= 11 is 0. The molecule has 1 aromatic rings. The molecule has 0 aliphatic carbocycles. The van der Waals surface area contributed by atoms with Crippen LogP contribution in [-0.4, -0.2) is 13.7 Å². The molecule has 0 aromatic heterocycles. The summed E-state index contributed by atoms with van der Waals surface area (Å²) in [6.45, 7) is 2.83. The van der Waals surface area contributed by atoms with Gasteiger partial charge in [0.25, 0.3) is 0 Å². The van der Waals surface area contributed by atoms with Crippen LogP contribution in [0.15, 0.2) is 18.2 Å². The Kier molecular flexibility index (Phi) is 3.77. The van der Waals surface area contributed by atoms with Crippen molar-refractivity contribution in [2.24, 2.45) is 5.73 Å². The third-order valence-electron chi connectivity index (χ3n) is 2.22. The van der Waals surface area contributed by atoms with Gasteiger partial charge in [-0.05, 0) is 36.6 Å². The summed E-state index contributed by atoms with van der Waals surface area (Å²) in [6, 6.07) is 6.13. The number of ether oxygens (including phenoxy) is 1. The molecule has 0 saturated heterocycles. The third-order valence-corrected chi connectivity index (χ3v) is 2.22. The van der Waals surface area contributed by atoms with E-state index in [1.807, 2.05) is 12.1 Å². The Bertz CT molecular complexity index is 271. The molecule has 13 heavy (non-hydrogen) atoms. The van der Waals surface area contributed by atoms with Crippen molar-refractivity contribution in [3.63, 3.8) is 0 Å². The van der Waals surface area contributed by atoms with Crippen LogP contribution in [-0.2, 0) is 12.8 Å². The summed E-state index contributed by atoms with van der Waals surface area (Å²) in [5.41, 5.74) is 8.13. The Labute approximate surface area is 79.7 Å². The van der Waals surface area contributed by atoms with Gasteiger partial charge in [0.15, 0.2) is 0 Å². The molecule has 2 heteroatoms. The number of nitrogens with two attached hydrogens (primary N) is 1. The standard InChI is InChI=1S/C11H17NO/c1-3-10-9(7-8-12)5-4-6-11(10)13-2/h4-6H,3,7-8,12H2,1-2H3. The van der Waals surface area contributed by atoms with Gasteiger partial charge < -0.3 is 10.5 Å². The van der Waals surface area contributed by atoms with Crippen LogP contribution in [0.3, 0.4) is 0 Å². The van der Waals surface area contributed by atoms with Gasteiger partial charge >= 0.3 is 0 Å². The van der Waals surface area contributed by atoms with Crippen LogP contribution in [0.4, 0.5) is 0 Å². The smallest absolute Gasteiger partial charge is 0.122 e. The summed E-state index contributed by atoms with van der Waals surface area (Å²) < 4.78 is 5.28. The van der Waals surface area contributed by atoms with Crippen molar-refractivity contribution in [2.45, 2.75) is 19.8 Å². The minimum atomic E-state index is 0.695. The van der Waals surface area contributed by atoms with Crippen molar-refractivity contribution >= 4 is 0 Å². The van der Waals surface area contributed by atoms with E-state index < -0.39 is 0 Å². The third kappa shape index (κ3) is 2.22. The predicted molar refractivity (Wildman–Crippen MR) is 55.1 cm³/mol. The van der Waals surface area contributed by atoms with Crippen molar-refractivity contribution in [1.82, 2.24) is 0 Å². The zero-order valence-electron chi connectivity index (χ0n) is 8.34. The molecular formula is C11H17NO. The second-order valence-corrected chi connectivity index (χ2v) is 2.99. The molecule has 0 spiro atoms. The summed E-state index contributed by atoms with van der Waals surface area (Å²) in [5, 5.41) is 0. The lowest BCUT2D eigenvalue weighted by Gasteiger charge is -2.11. The quantitative estimate of drug-likeness (QED) is 0.764. The molecule has 0 radical (unpaired) electrons. The summed E-state index contributed by atoms with van der Waals surface area (Å²) in [6.07, 6.45) is 1.93. The van der Waals surface area contributed by atoms with Crippen LogP contribution in [0.25, 0.3) is 0 Å². The highest BCUT2D eigenvalue weighted by Gasteiger charge is 2.05. The van der Waals surface area contributed by atoms with Gasteiger partial charge in [-0.3, -0.25) is 0 Å². The van der Waals surface area contributed by atoms with Gasteiger partial charge in [0, 0.05) is 0 Å². The molecule has 2 N–H and O–H groups in total. The van der Waals surface area contributed by atoms with Gasteiger partial charge in [-0.1, -0.05) is 19.1 Å². The van der Waals surface area contributed by atoms with Crippen LogP contribution in [0.5, 0.6) is 5.75 Å². The molecule has 0 saturated carbocycles. The first-order valence-electron chi connectivity index (χ1n) is 4.68. The minimum Gasteiger partial charge on any atom is -0.496 e. The monoisotopic (exact) mass is 179 g/mol. The molecule has 0 heterocycles. The first-order valence-corrected chi connectivity index (χ1v) is 4.68. The highest BCUT2D eigenvalue weighted by molar-refractivity contribution is 5.40. The highest BCUT2D eigenvalue weighted by atomic mass is 16.5. The van der Waals surface area contributed by atoms with E-state index in [4.69, 9.17) is 10.5 Å². The van der Waals surface area contributed by atoms with E-state index in [9.17, 15) is 0 Å². The molecule has 1 rings (SSSR count). The van der Waals surface area contributed by atoms with Gasteiger partial charge in [-0.2, -0.15) is 0 Å². The molecule has 0 bridgehead atoms. The summed E-state index contributed by atoms with van der Waals surface area (Å²) in [7, 11) is 1.71. The van der Waals surface area contributed by atoms with Gasteiger partial charge in [0.05, 0.1) is 7.11 Å². The van der Waals surface area contributed by atoms with Gasteiger partial charge in [-0.15, -0.1) is 0 Å². The molecule has 0 atom stereocenters. The Morgan fingerprint density at radius 3 is 2.69 bits per heavy atom. The van der Waals surface area contributed by atoms with Crippen LogP contribution in [0.1, 0.15) is 18.1 Å². The van der Waals surface area contributed by atoms with Gasteiger partial charge in [-0.25, -0.2) is 0 Å². The normalized spacial score (nSPS) is 10.1. The maximum atomic E-state index is 5.53. The highest BCUT2D eigenvalue weighted by Crippen LogP contribution is 2.22. The Hall–Kier alpha value is -1.02. The summed E-state index contributed by atoms with van der Waals surface area (Å²) in [4.78, 5) is 0. The van der Waals surface area contributed by atoms with Crippen LogP contribution < -0.4 is 10.5 Å². The molecule has 0 fully saturated rings. The first-order chi connectivity index (χ1) is 6.33. The molecule has 72 valence electrons. The average Bonchev–Trinajstić information content (AvgIpc) is 2.18. The number of hydrogen-bond donors (Lipinski definition) is 1. The minimum absolute atomic E-state index is 0.695. The molecular weight excluding hydrogens is 162 g/mol. The number of benzene rings is 1. The second kappa shape index (κ2) is 4.87. The largest absolute Gasteiger partial charge is 0.496 e. The molecule has 2 nitrogen and oxygen atoms in total. The van der Waals surface area contributed by atoms with Crippen LogP contribution >= 0.6 is 0 Å². The van der Waals surface area contributed by atoms with Crippen molar-refractivity contribution in [3.05, 3.63) is 29.3 Å². The van der Waals surface area contributed by atoms with E-state index in [1.54, 1.807) is 7.11 Å². The maximum Gasteiger partial charge on any atom is 0.122 e. The van der Waals surface area contributed by atoms with E-state index in [1.165, 1.54) is 11.1 Å². The fourth-order valence-electron chi connectivity index (χ4n) is 1.59. The predicted octanol–water partition coefficient (Wildman–Crippen LogP) is 1.76. The Morgan fingerprint density at radius 2 is 2.15 bits per heavy atom. The maximum absolute atomic E-state index is 5.53. The van der Waals surface area contributed by atoms with E-state index >= 15 is 0 Å². The fraction of sp³-hybridized carbons (Fsp3) is 0.455. The number of rotatable bonds is 4. The number of methoxy groups -OCH3 is 1. The van der Waals surface area contributed by atoms with Gasteiger partial charge in [0.2, 0.25) is 0 Å². The zero-order chi connectivity index (χ0) is 9.68.